The molecule has 0 atom stereocenters. The fourth-order valence-corrected chi connectivity index (χ4v) is 3.25. The summed E-state index contributed by atoms with van der Waals surface area (Å²) >= 11 is 3.58. The molecular formula is C16H22BrNO. The van der Waals surface area contributed by atoms with Gasteiger partial charge in [0.05, 0.1) is 11.1 Å². The first-order chi connectivity index (χ1) is 9.17. The van der Waals surface area contributed by atoms with E-state index in [9.17, 15) is 0 Å². The minimum atomic E-state index is -0.142. The molecule has 1 aromatic carbocycles. The Labute approximate surface area is 123 Å². The minimum absolute atomic E-state index is 0.142. The molecule has 2 saturated carbocycles. The van der Waals surface area contributed by atoms with Crippen molar-refractivity contribution in [1.29, 1.82) is 0 Å². The van der Waals surface area contributed by atoms with Crippen LogP contribution in [0.25, 0.3) is 0 Å². The van der Waals surface area contributed by atoms with Crippen LogP contribution in [0.5, 0.6) is 5.75 Å². The summed E-state index contributed by atoms with van der Waals surface area (Å²) in [6.07, 6.45) is 8.62. The fourth-order valence-electron chi connectivity index (χ4n) is 2.89. The first-order valence-electron chi connectivity index (χ1n) is 7.39. The van der Waals surface area contributed by atoms with Gasteiger partial charge >= 0.3 is 0 Å². The van der Waals surface area contributed by atoms with E-state index >= 15 is 0 Å². The van der Waals surface area contributed by atoms with Crippen molar-refractivity contribution in [3.05, 3.63) is 28.2 Å². The van der Waals surface area contributed by atoms with Gasteiger partial charge in [-0.05, 0) is 65.2 Å². The molecule has 2 N–H and O–H groups in total. The standard InChI is InChI=1S/C16H22BrNO/c17-14-7-6-13(16(18)8-2-1-3-9-16)10-15(14)19-11-12-4-5-12/h6-7,10,12H,1-5,8-9,11,18H2. The molecule has 0 unspecified atom stereocenters. The van der Waals surface area contributed by atoms with Gasteiger partial charge in [-0.1, -0.05) is 25.3 Å². The maximum absolute atomic E-state index is 6.60. The van der Waals surface area contributed by atoms with Crippen LogP contribution in [0.1, 0.15) is 50.5 Å². The zero-order chi connectivity index (χ0) is 13.3. The van der Waals surface area contributed by atoms with Crippen molar-refractivity contribution >= 4 is 15.9 Å². The van der Waals surface area contributed by atoms with Gasteiger partial charge in [0, 0.05) is 5.54 Å². The van der Waals surface area contributed by atoms with Crippen LogP contribution in [0.15, 0.2) is 22.7 Å². The highest BCUT2D eigenvalue weighted by molar-refractivity contribution is 9.10. The number of ether oxygens (including phenoxy) is 1. The molecule has 2 aliphatic rings. The van der Waals surface area contributed by atoms with E-state index in [0.29, 0.717) is 0 Å². The zero-order valence-corrected chi connectivity index (χ0v) is 12.9. The SMILES string of the molecule is NC1(c2ccc(Br)c(OCC3CC3)c2)CCCCC1. The lowest BCUT2D eigenvalue weighted by atomic mass is 9.77. The fraction of sp³-hybridized carbons (Fsp3) is 0.625. The summed E-state index contributed by atoms with van der Waals surface area (Å²) in [6, 6.07) is 6.39. The molecule has 3 heteroatoms. The number of hydrogen-bond acceptors (Lipinski definition) is 2. The number of nitrogens with two attached hydrogens (primary N) is 1. The number of halogens is 1. The molecule has 0 radical (unpaired) electrons. The lowest BCUT2D eigenvalue weighted by Gasteiger charge is -2.34. The Balaban J connectivity index is 1.78. The molecule has 0 amide bonds. The van der Waals surface area contributed by atoms with Crippen molar-refractivity contribution in [1.82, 2.24) is 0 Å². The van der Waals surface area contributed by atoms with E-state index in [0.717, 1.165) is 35.6 Å². The molecule has 2 fully saturated rings. The average molecular weight is 324 g/mol. The molecule has 3 rings (SSSR count). The summed E-state index contributed by atoms with van der Waals surface area (Å²) in [4.78, 5) is 0. The predicted molar refractivity (Wildman–Crippen MR) is 81.3 cm³/mol. The van der Waals surface area contributed by atoms with Crippen molar-refractivity contribution in [2.24, 2.45) is 11.7 Å². The van der Waals surface area contributed by atoms with E-state index < -0.39 is 0 Å². The quantitative estimate of drug-likeness (QED) is 0.893. The normalized spacial score (nSPS) is 22.2. The molecule has 0 bridgehead atoms. The van der Waals surface area contributed by atoms with Gasteiger partial charge in [-0.2, -0.15) is 0 Å². The third-order valence-corrected chi connectivity index (χ3v) is 5.08. The van der Waals surface area contributed by atoms with E-state index in [1.165, 1.54) is 37.7 Å². The van der Waals surface area contributed by atoms with Crippen LogP contribution in [-0.4, -0.2) is 6.61 Å². The molecule has 1 aromatic rings. The predicted octanol–water partition coefficient (Wildman–Crippen LogP) is 4.36. The molecule has 0 aliphatic heterocycles. The van der Waals surface area contributed by atoms with E-state index in [2.05, 4.69) is 34.1 Å². The number of benzene rings is 1. The van der Waals surface area contributed by atoms with Crippen LogP contribution in [-0.2, 0) is 5.54 Å². The Morgan fingerprint density at radius 2 is 1.95 bits per heavy atom. The Bertz CT molecular complexity index is 450. The molecule has 0 heterocycles. The van der Waals surface area contributed by atoms with Gasteiger partial charge in [0.1, 0.15) is 5.75 Å². The van der Waals surface area contributed by atoms with Gasteiger partial charge in [0.2, 0.25) is 0 Å². The average Bonchev–Trinajstić information content (AvgIpc) is 3.22. The third-order valence-electron chi connectivity index (χ3n) is 4.42. The molecule has 2 nitrogen and oxygen atoms in total. The topological polar surface area (TPSA) is 35.2 Å². The lowest BCUT2D eigenvalue weighted by Crippen LogP contribution is -2.38. The Kier molecular flexibility index (Phi) is 3.86. The van der Waals surface area contributed by atoms with E-state index in [4.69, 9.17) is 10.5 Å². The molecular weight excluding hydrogens is 302 g/mol. The second-order valence-corrected chi connectivity index (χ2v) is 6.97. The summed E-state index contributed by atoms with van der Waals surface area (Å²) in [6.45, 7) is 0.847. The molecule has 19 heavy (non-hydrogen) atoms. The summed E-state index contributed by atoms with van der Waals surface area (Å²) in [5, 5.41) is 0. The molecule has 2 aliphatic carbocycles. The van der Waals surface area contributed by atoms with Crippen molar-refractivity contribution in [2.75, 3.05) is 6.61 Å². The minimum Gasteiger partial charge on any atom is -0.492 e. The molecule has 104 valence electrons. The van der Waals surface area contributed by atoms with E-state index in [1.54, 1.807) is 0 Å². The number of rotatable bonds is 4. The van der Waals surface area contributed by atoms with Crippen LogP contribution in [0, 0.1) is 5.92 Å². The molecule has 0 spiro atoms. The van der Waals surface area contributed by atoms with Gasteiger partial charge in [-0.3, -0.25) is 0 Å². The highest BCUT2D eigenvalue weighted by atomic mass is 79.9. The summed E-state index contributed by atoms with van der Waals surface area (Å²) in [5.41, 5.74) is 7.69. The maximum atomic E-state index is 6.60. The van der Waals surface area contributed by atoms with Crippen LogP contribution in [0.4, 0.5) is 0 Å². The van der Waals surface area contributed by atoms with Gasteiger partial charge in [-0.25, -0.2) is 0 Å². The largest absolute Gasteiger partial charge is 0.492 e. The van der Waals surface area contributed by atoms with E-state index in [1.807, 2.05) is 0 Å². The summed E-state index contributed by atoms with van der Waals surface area (Å²) in [7, 11) is 0. The smallest absolute Gasteiger partial charge is 0.133 e. The van der Waals surface area contributed by atoms with Crippen LogP contribution in [0.3, 0.4) is 0 Å². The van der Waals surface area contributed by atoms with Crippen LogP contribution in [0.2, 0.25) is 0 Å². The lowest BCUT2D eigenvalue weighted by molar-refractivity contribution is 0.287. The van der Waals surface area contributed by atoms with Crippen molar-refractivity contribution in [2.45, 2.75) is 50.5 Å². The van der Waals surface area contributed by atoms with Gasteiger partial charge in [-0.15, -0.1) is 0 Å². The highest BCUT2D eigenvalue weighted by Crippen LogP contribution is 2.38. The van der Waals surface area contributed by atoms with Gasteiger partial charge in [0.25, 0.3) is 0 Å². The zero-order valence-electron chi connectivity index (χ0n) is 11.3. The highest BCUT2D eigenvalue weighted by Gasteiger charge is 2.30. The second kappa shape index (κ2) is 5.45. The Morgan fingerprint density at radius 1 is 1.21 bits per heavy atom. The Hall–Kier alpha value is -0.540. The molecule has 0 aromatic heterocycles. The van der Waals surface area contributed by atoms with Crippen molar-refractivity contribution in [3.63, 3.8) is 0 Å². The summed E-state index contributed by atoms with van der Waals surface area (Å²) < 4.78 is 6.97. The van der Waals surface area contributed by atoms with Gasteiger partial charge in [0.15, 0.2) is 0 Å². The van der Waals surface area contributed by atoms with Crippen molar-refractivity contribution < 1.29 is 4.74 Å². The summed E-state index contributed by atoms with van der Waals surface area (Å²) in [5.74, 6) is 1.73. The molecule has 0 saturated heterocycles. The second-order valence-electron chi connectivity index (χ2n) is 6.12. The number of hydrogen-bond donors (Lipinski definition) is 1. The first kappa shape index (κ1) is 13.4. The maximum Gasteiger partial charge on any atom is 0.133 e. The van der Waals surface area contributed by atoms with Crippen LogP contribution >= 0.6 is 15.9 Å². The van der Waals surface area contributed by atoms with Gasteiger partial charge < -0.3 is 10.5 Å². The van der Waals surface area contributed by atoms with E-state index in [-0.39, 0.29) is 5.54 Å². The van der Waals surface area contributed by atoms with Crippen LogP contribution < -0.4 is 10.5 Å². The third kappa shape index (κ3) is 3.14. The Morgan fingerprint density at radius 3 is 2.63 bits per heavy atom. The first-order valence-corrected chi connectivity index (χ1v) is 8.18. The monoisotopic (exact) mass is 323 g/mol. The van der Waals surface area contributed by atoms with Crippen molar-refractivity contribution in [3.8, 4) is 5.75 Å².